The van der Waals surface area contributed by atoms with E-state index in [4.69, 9.17) is 17.3 Å². The van der Waals surface area contributed by atoms with E-state index in [9.17, 15) is 0 Å². The van der Waals surface area contributed by atoms with Gasteiger partial charge >= 0.3 is 0 Å². The van der Waals surface area contributed by atoms with Gasteiger partial charge in [0.1, 0.15) is 11.6 Å². The average molecular weight is 255 g/mol. The first-order valence-corrected chi connectivity index (χ1v) is 5.97. The molecular weight excluding hydrogens is 244 g/mol. The van der Waals surface area contributed by atoms with Crippen molar-refractivity contribution in [1.82, 2.24) is 9.97 Å². The number of nitrogens with zero attached hydrogens (tertiary/aromatic N) is 2. The molecule has 0 atom stereocenters. The number of aromatic nitrogens is 2. The molecule has 6 heteroatoms. The first-order valence-electron chi connectivity index (χ1n) is 4.78. The summed E-state index contributed by atoms with van der Waals surface area (Å²) in [4.78, 5) is 9.42. The predicted octanol–water partition coefficient (Wildman–Crippen LogP) is 2.26. The van der Waals surface area contributed by atoms with Crippen LogP contribution >= 0.6 is 22.9 Å². The number of thiophene rings is 1. The van der Waals surface area contributed by atoms with E-state index < -0.39 is 0 Å². The molecule has 4 nitrogen and oxygen atoms in total. The van der Waals surface area contributed by atoms with Crippen LogP contribution in [-0.4, -0.2) is 9.97 Å². The number of rotatable bonds is 4. The molecule has 0 fully saturated rings. The fraction of sp³-hybridized carbons (Fsp3) is 0.200. The zero-order chi connectivity index (χ0) is 11.4. The lowest BCUT2D eigenvalue weighted by molar-refractivity contribution is 0.905. The van der Waals surface area contributed by atoms with Crippen LogP contribution in [0.25, 0.3) is 0 Å². The molecule has 0 aliphatic heterocycles. The van der Waals surface area contributed by atoms with E-state index in [1.54, 1.807) is 17.5 Å². The van der Waals surface area contributed by atoms with Gasteiger partial charge in [-0.2, -0.15) is 0 Å². The van der Waals surface area contributed by atoms with Crippen LogP contribution in [0.15, 0.2) is 24.4 Å². The van der Waals surface area contributed by atoms with Crippen LogP contribution in [-0.2, 0) is 13.1 Å². The Morgan fingerprint density at radius 2 is 2.25 bits per heavy atom. The summed E-state index contributed by atoms with van der Waals surface area (Å²) in [7, 11) is 0. The second-order valence-electron chi connectivity index (χ2n) is 3.12. The summed E-state index contributed by atoms with van der Waals surface area (Å²) in [6.07, 6.45) is 1.69. The molecule has 2 heterocycles. The molecule has 0 radical (unpaired) electrons. The second kappa shape index (κ2) is 5.25. The Balaban J connectivity index is 1.99. The lowest BCUT2D eigenvalue weighted by Gasteiger charge is -2.04. The topological polar surface area (TPSA) is 63.8 Å². The Hall–Kier alpha value is -1.17. The van der Waals surface area contributed by atoms with E-state index in [1.165, 1.54) is 0 Å². The van der Waals surface area contributed by atoms with Crippen molar-refractivity contribution in [3.63, 3.8) is 0 Å². The molecule has 0 saturated heterocycles. The molecular formula is C10H11ClN4S. The highest BCUT2D eigenvalue weighted by Gasteiger charge is 2.00. The maximum Gasteiger partial charge on any atom is 0.144 e. The molecule has 16 heavy (non-hydrogen) atoms. The predicted molar refractivity (Wildman–Crippen MR) is 66.6 cm³/mol. The normalized spacial score (nSPS) is 10.4. The van der Waals surface area contributed by atoms with Crippen molar-refractivity contribution < 1.29 is 0 Å². The zero-order valence-electron chi connectivity index (χ0n) is 8.48. The van der Waals surface area contributed by atoms with Gasteiger partial charge in [-0.1, -0.05) is 11.6 Å². The van der Waals surface area contributed by atoms with E-state index in [2.05, 4.69) is 15.3 Å². The third kappa shape index (κ3) is 2.91. The van der Waals surface area contributed by atoms with Crippen molar-refractivity contribution in [2.75, 3.05) is 5.32 Å². The van der Waals surface area contributed by atoms with Crippen LogP contribution < -0.4 is 11.1 Å². The number of hydrogen-bond donors (Lipinski definition) is 2. The highest BCUT2D eigenvalue weighted by molar-refractivity contribution is 7.16. The van der Waals surface area contributed by atoms with Crippen LogP contribution in [0.3, 0.4) is 0 Å². The van der Waals surface area contributed by atoms with Gasteiger partial charge in [0.05, 0.1) is 17.4 Å². The first kappa shape index (κ1) is 11.3. The lowest BCUT2D eigenvalue weighted by atomic mass is 10.4. The van der Waals surface area contributed by atoms with Gasteiger partial charge in [0.2, 0.25) is 0 Å². The van der Waals surface area contributed by atoms with Crippen LogP contribution in [0.1, 0.15) is 10.7 Å². The van der Waals surface area contributed by atoms with Crippen molar-refractivity contribution in [1.29, 1.82) is 0 Å². The molecule has 0 saturated carbocycles. The SMILES string of the molecule is NCc1nccc(NCc2ccc(Cl)s2)n1. The second-order valence-corrected chi connectivity index (χ2v) is 4.92. The van der Waals surface area contributed by atoms with Crippen LogP contribution in [0.5, 0.6) is 0 Å². The summed E-state index contributed by atoms with van der Waals surface area (Å²) < 4.78 is 0.794. The quantitative estimate of drug-likeness (QED) is 0.879. The maximum absolute atomic E-state index is 5.84. The van der Waals surface area contributed by atoms with Crippen LogP contribution in [0.4, 0.5) is 5.82 Å². The van der Waals surface area contributed by atoms with Gasteiger partial charge in [-0.3, -0.25) is 0 Å². The molecule has 84 valence electrons. The largest absolute Gasteiger partial charge is 0.365 e. The summed E-state index contributed by atoms with van der Waals surface area (Å²) in [6.45, 7) is 1.05. The highest BCUT2D eigenvalue weighted by Crippen LogP contribution is 2.21. The number of halogens is 1. The number of hydrogen-bond acceptors (Lipinski definition) is 5. The van der Waals surface area contributed by atoms with Gasteiger partial charge in [-0.15, -0.1) is 11.3 Å². The Bertz CT molecular complexity index is 471. The van der Waals surface area contributed by atoms with E-state index in [1.807, 2.05) is 18.2 Å². The lowest BCUT2D eigenvalue weighted by Crippen LogP contribution is -2.06. The fourth-order valence-corrected chi connectivity index (χ4v) is 2.25. The smallest absolute Gasteiger partial charge is 0.144 e. The van der Waals surface area contributed by atoms with E-state index in [-0.39, 0.29) is 0 Å². The summed E-state index contributed by atoms with van der Waals surface area (Å²) >= 11 is 7.39. The molecule has 0 spiro atoms. The Morgan fingerprint density at radius 3 is 2.94 bits per heavy atom. The molecule has 3 N–H and O–H groups in total. The average Bonchev–Trinajstić information content (AvgIpc) is 2.73. The van der Waals surface area contributed by atoms with Gasteiger partial charge in [0, 0.05) is 11.1 Å². The minimum Gasteiger partial charge on any atom is -0.365 e. The number of nitrogens with one attached hydrogen (secondary N) is 1. The molecule has 2 rings (SSSR count). The van der Waals surface area contributed by atoms with E-state index in [0.29, 0.717) is 18.9 Å². The molecule has 0 unspecified atom stereocenters. The Morgan fingerprint density at radius 1 is 1.38 bits per heavy atom. The minimum absolute atomic E-state index is 0.348. The third-order valence-corrected chi connectivity index (χ3v) is 3.19. The standard InChI is InChI=1S/C10H11ClN4S/c11-8-2-1-7(16-8)6-14-9-3-4-13-10(5-12)15-9/h1-4H,5-6,12H2,(H,13,14,15). The number of anilines is 1. The van der Waals surface area contributed by atoms with Gasteiger partial charge in [0.25, 0.3) is 0 Å². The van der Waals surface area contributed by atoms with Crippen molar-refractivity contribution in [3.8, 4) is 0 Å². The zero-order valence-corrected chi connectivity index (χ0v) is 10.1. The first-order chi connectivity index (χ1) is 7.78. The highest BCUT2D eigenvalue weighted by atomic mass is 35.5. The maximum atomic E-state index is 5.84. The van der Waals surface area contributed by atoms with Gasteiger partial charge in [-0.05, 0) is 18.2 Å². The monoisotopic (exact) mass is 254 g/mol. The van der Waals surface area contributed by atoms with E-state index >= 15 is 0 Å². The van der Waals surface area contributed by atoms with Crippen molar-refractivity contribution in [3.05, 3.63) is 39.4 Å². The van der Waals surface area contributed by atoms with Crippen molar-refractivity contribution in [2.45, 2.75) is 13.1 Å². The summed E-state index contributed by atoms with van der Waals surface area (Å²) in [5.41, 5.74) is 5.46. The van der Waals surface area contributed by atoms with Gasteiger partial charge < -0.3 is 11.1 Å². The Labute approximate surface area is 102 Å². The fourth-order valence-electron chi connectivity index (χ4n) is 1.22. The molecule has 0 bridgehead atoms. The van der Waals surface area contributed by atoms with Crippen LogP contribution in [0, 0.1) is 0 Å². The minimum atomic E-state index is 0.348. The molecule has 0 aliphatic rings. The molecule has 2 aromatic rings. The van der Waals surface area contributed by atoms with Crippen molar-refractivity contribution in [2.24, 2.45) is 5.73 Å². The summed E-state index contributed by atoms with van der Waals surface area (Å²) in [5.74, 6) is 1.41. The summed E-state index contributed by atoms with van der Waals surface area (Å²) in [5, 5.41) is 3.19. The van der Waals surface area contributed by atoms with Gasteiger partial charge in [0.15, 0.2) is 0 Å². The molecule has 0 amide bonds. The Kier molecular flexibility index (Phi) is 3.71. The van der Waals surface area contributed by atoms with E-state index in [0.717, 1.165) is 15.0 Å². The van der Waals surface area contributed by atoms with Crippen LogP contribution in [0.2, 0.25) is 4.34 Å². The number of nitrogens with two attached hydrogens (primary N) is 1. The van der Waals surface area contributed by atoms with Gasteiger partial charge in [-0.25, -0.2) is 9.97 Å². The third-order valence-electron chi connectivity index (χ3n) is 1.96. The molecule has 0 aliphatic carbocycles. The summed E-state index contributed by atoms with van der Waals surface area (Å²) in [6, 6.07) is 5.69. The molecule has 2 aromatic heterocycles. The molecule has 0 aromatic carbocycles. The van der Waals surface area contributed by atoms with Crippen molar-refractivity contribution >= 4 is 28.8 Å².